The van der Waals surface area contributed by atoms with E-state index < -0.39 is 18.6 Å². The van der Waals surface area contributed by atoms with Crippen molar-refractivity contribution in [2.45, 2.75) is 71.1 Å². The molecule has 10 heteroatoms. The van der Waals surface area contributed by atoms with Crippen molar-refractivity contribution in [3.8, 4) is 0 Å². The summed E-state index contributed by atoms with van der Waals surface area (Å²) in [6, 6.07) is -0.620. The number of hydrogen-bond donors (Lipinski definition) is 3. The number of halogens is 2. The minimum atomic E-state index is -2.89. The molecule has 1 aromatic rings. The van der Waals surface area contributed by atoms with E-state index in [1.54, 1.807) is 13.1 Å². The third-order valence-corrected chi connectivity index (χ3v) is 4.83. The summed E-state index contributed by atoms with van der Waals surface area (Å²) in [5.41, 5.74) is 0.159. The maximum Gasteiger partial charge on any atom is 0.345 e. The van der Waals surface area contributed by atoms with Crippen LogP contribution in [0.1, 0.15) is 62.7 Å². The van der Waals surface area contributed by atoms with Crippen molar-refractivity contribution in [1.29, 1.82) is 0 Å². The zero-order valence-electron chi connectivity index (χ0n) is 17.5. The Hall–Kier alpha value is -2.20. The lowest BCUT2D eigenvalue weighted by Gasteiger charge is -2.22. The van der Waals surface area contributed by atoms with Gasteiger partial charge in [0.1, 0.15) is 5.56 Å². The molecule has 0 unspecified atom stereocenters. The fourth-order valence-electron chi connectivity index (χ4n) is 3.08. The van der Waals surface area contributed by atoms with Crippen LogP contribution >= 0.6 is 0 Å². The lowest BCUT2D eigenvalue weighted by atomic mass is 9.88. The summed E-state index contributed by atoms with van der Waals surface area (Å²) in [5.74, 6) is 0.288. The van der Waals surface area contributed by atoms with Crippen molar-refractivity contribution in [3.63, 3.8) is 0 Å². The molecule has 8 nitrogen and oxygen atoms in total. The Kier molecular flexibility index (Phi) is 10.0. The Labute approximate surface area is 175 Å². The molecular formula is C20H31F2N5O3. The van der Waals surface area contributed by atoms with Gasteiger partial charge in [-0.3, -0.25) is 4.79 Å². The molecule has 1 aliphatic carbocycles. The molecule has 1 fully saturated rings. The van der Waals surface area contributed by atoms with E-state index >= 15 is 0 Å². The molecule has 1 aromatic heterocycles. The van der Waals surface area contributed by atoms with Gasteiger partial charge in [-0.2, -0.15) is 13.8 Å². The summed E-state index contributed by atoms with van der Waals surface area (Å²) in [6.07, 6.45) is 7.95. The normalized spacial score (nSPS) is 20.5. The van der Waals surface area contributed by atoms with E-state index in [4.69, 9.17) is 0 Å². The van der Waals surface area contributed by atoms with Crippen molar-refractivity contribution in [3.05, 3.63) is 11.8 Å². The highest BCUT2D eigenvalue weighted by Gasteiger charge is 2.20. The maximum atomic E-state index is 12.6. The van der Waals surface area contributed by atoms with Crippen molar-refractivity contribution in [2.24, 2.45) is 10.9 Å². The quantitative estimate of drug-likeness (QED) is 0.369. The average Bonchev–Trinajstić information content (AvgIpc) is 2.72. The summed E-state index contributed by atoms with van der Waals surface area (Å²) in [4.78, 5) is 25.6. The second kappa shape index (κ2) is 12.5. The van der Waals surface area contributed by atoms with Crippen LogP contribution < -0.4 is 10.6 Å². The van der Waals surface area contributed by atoms with Gasteiger partial charge < -0.3 is 20.5 Å². The van der Waals surface area contributed by atoms with Crippen LogP contribution in [-0.4, -0.2) is 59.1 Å². The average molecular weight is 427 g/mol. The summed E-state index contributed by atoms with van der Waals surface area (Å²) >= 11 is 0. The second-order valence-electron chi connectivity index (χ2n) is 7.53. The number of amides is 1. The molecule has 0 saturated heterocycles. The van der Waals surface area contributed by atoms with Crippen LogP contribution in [0.4, 0.5) is 20.5 Å². The van der Waals surface area contributed by atoms with Gasteiger partial charge in [0.25, 0.3) is 5.91 Å². The Morgan fingerprint density at radius 3 is 2.80 bits per heavy atom. The van der Waals surface area contributed by atoms with Gasteiger partial charge in [0, 0.05) is 25.0 Å². The first-order chi connectivity index (χ1) is 14.4. The van der Waals surface area contributed by atoms with Gasteiger partial charge >= 0.3 is 6.61 Å². The molecule has 1 amide bonds. The number of hydrogen-bond acceptors (Lipinski definition) is 7. The molecule has 3 N–H and O–H groups in total. The largest absolute Gasteiger partial charge is 0.393 e. The third kappa shape index (κ3) is 8.27. The van der Waals surface area contributed by atoms with Crippen LogP contribution in [0, 0.1) is 5.92 Å². The fraction of sp³-hybridized carbons (Fsp3) is 0.700. The van der Waals surface area contributed by atoms with Gasteiger partial charge in [-0.05, 0) is 44.9 Å². The topological polar surface area (TPSA) is 109 Å². The van der Waals surface area contributed by atoms with E-state index in [9.17, 15) is 18.7 Å². The number of unbranched alkanes of at least 4 members (excludes halogenated alkanes) is 1. The monoisotopic (exact) mass is 427 g/mol. The summed E-state index contributed by atoms with van der Waals surface area (Å²) < 4.78 is 28.6. The zero-order valence-corrected chi connectivity index (χ0v) is 17.5. The molecule has 0 aliphatic heterocycles. The summed E-state index contributed by atoms with van der Waals surface area (Å²) in [6.45, 7) is 1.14. The lowest BCUT2D eigenvalue weighted by molar-refractivity contribution is -0.132. The Morgan fingerprint density at radius 2 is 2.13 bits per heavy atom. The first-order valence-electron chi connectivity index (χ1n) is 10.4. The highest BCUT2D eigenvalue weighted by Crippen LogP contribution is 2.24. The molecule has 1 heterocycles. The van der Waals surface area contributed by atoms with Crippen molar-refractivity contribution in [2.75, 3.05) is 18.5 Å². The number of anilines is 1. The summed E-state index contributed by atoms with van der Waals surface area (Å²) in [5, 5.41) is 15.4. The van der Waals surface area contributed by atoms with Crippen LogP contribution in [0.3, 0.4) is 0 Å². The molecule has 0 spiro atoms. The molecule has 0 radical (unpaired) electrons. The Balaban J connectivity index is 2.12. The van der Waals surface area contributed by atoms with Gasteiger partial charge in [-0.1, -0.05) is 13.3 Å². The number of nitrogens with one attached hydrogen (secondary N) is 2. The third-order valence-electron chi connectivity index (χ3n) is 4.83. The SMILES string of the molecule is CCCCNc1ncc(C(=O)N[C@H](C)COC(F)F)c(/N=C/C2CCC(O)CC2)n1. The number of aliphatic hydroxyl groups is 1. The number of aliphatic imine (C=N–C) groups is 1. The molecule has 2 rings (SSSR count). The fourth-order valence-corrected chi connectivity index (χ4v) is 3.08. The van der Waals surface area contributed by atoms with Crippen LogP contribution in [0.25, 0.3) is 0 Å². The minimum Gasteiger partial charge on any atom is -0.393 e. The van der Waals surface area contributed by atoms with Crippen molar-refractivity contribution < 1.29 is 23.4 Å². The van der Waals surface area contributed by atoms with Crippen molar-refractivity contribution in [1.82, 2.24) is 15.3 Å². The van der Waals surface area contributed by atoms with E-state index in [1.807, 2.05) is 0 Å². The van der Waals surface area contributed by atoms with E-state index in [0.717, 1.165) is 38.5 Å². The molecule has 168 valence electrons. The number of nitrogens with zero attached hydrogens (tertiary/aromatic N) is 3. The summed E-state index contributed by atoms with van der Waals surface area (Å²) in [7, 11) is 0. The minimum absolute atomic E-state index is 0.159. The smallest absolute Gasteiger partial charge is 0.345 e. The standard InChI is InChI=1S/C20H31F2N5O3/c1-3-4-9-23-20-25-11-16(18(29)26-13(2)12-30-19(21)22)17(27-20)24-10-14-5-7-15(28)8-6-14/h10-11,13-15,19,28H,3-9,12H2,1-2H3,(H,26,29)(H,23,25,27)/b24-10+/t13-,14?,15?/m1/s1. The molecule has 0 bridgehead atoms. The molecule has 1 atom stereocenters. The maximum absolute atomic E-state index is 12.6. The van der Waals surface area contributed by atoms with Crippen LogP contribution in [0.15, 0.2) is 11.2 Å². The van der Waals surface area contributed by atoms with E-state index in [-0.39, 0.29) is 30.0 Å². The second-order valence-corrected chi connectivity index (χ2v) is 7.53. The Morgan fingerprint density at radius 1 is 1.40 bits per heavy atom. The van der Waals surface area contributed by atoms with Crippen LogP contribution in [0.2, 0.25) is 0 Å². The molecule has 0 aromatic carbocycles. The van der Waals surface area contributed by atoms with Crippen molar-refractivity contribution >= 4 is 23.9 Å². The van der Waals surface area contributed by atoms with Gasteiger partial charge in [0.2, 0.25) is 5.95 Å². The number of carbonyl (C=O) groups excluding carboxylic acids is 1. The van der Waals surface area contributed by atoms with Crippen LogP contribution in [-0.2, 0) is 4.74 Å². The van der Waals surface area contributed by atoms with Gasteiger partial charge in [0.05, 0.1) is 12.7 Å². The van der Waals surface area contributed by atoms with E-state index in [0.29, 0.717) is 12.5 Å². The predicted octanol–water partition coefficient (Wildman–Crippen LogP) is 3.30. The van der Waals surface area contributed by atoms with Gasteiger partial charge in [-0.25, -0.2) is 9.98 Å². The number of aromatic nitrogens is 2. The zero-order chi connectivity index (χ0) is 21.9. The predicted molar refractivity (Wildman–Crippen MR) is 110 cm³/mol. The highest BCUT2D eigenvalue weighted by atomic mass is 19.3. The first kappa shape index (κ1) is 24.1. The number of alkyl halides is 2. The van der Waals surface area contributed by atoms with E-state index in [1.165, 1.54) is 6.20 Å². The van der Waals surface area contributed by atoms with Crippen LogP contribution in [0.5, 0.6) is 0 Å². The molecule has 1 aliphatic rings. The Bertz CT molecular complexity index is 697. The molecule has 1 saturated carbocycles. The highest BCUT2D eigenvalue weighted by molar-refractivity contribution is 5.98. The number of aliphatic hydroxyl groups excluding tert-OH is 1. The molecule has 30 heavy (non-hydrogen) atoms. The van der Waals surface area contributed by atoms with Gasteiger partial charge in [0.15, 0.2) is 5.82 Å². The first-order valence-corrected chi connectivity index (χ1v) is 10.4. The number of carbonyl (C=O) groups is 1. The van der Waals surface area contributed by atoms with E-state index in [2.05, 4.69) is 37.3 Å². The number of ether oxygens (including phenoxy) is 1. The molecular weight excluding hydrogens is 396 g/mol. The van der Waals surface area contributed by atoms with Gasteiger partial charge in [-0.15, -0.1) is 0 Å². The number of rotatable bonds is 11. The lowest BCUT2D eigenvalue weighted by Crippen LogP contribution is -2.36.